The van der Waals surface area contributed by atoms with E-state index in [1.807, 2.05) is 31.2 Å². The van der Waals surface area contributed by atoms with Gasteiger partial charge in [-0.15, -0.1) is 0 Å². The zero-order valence-electron chi connectivity index (χ0n) is 11.4. The molecule has 0 fully saturated rings. The maximum atomic E-state index is 12.1. The molecule has 0 radical (unpaired) electrons. The highest BCUT2D eigenvalue weighted by Crippen LogP contribution is 2.19. The summed E-state index contributed by atoms with van der Waals surface area (Å²) < 4.78 is 2.60. The summed E-state index contributed by atoms with van der Waals surface area (Å²) in [7, 11) is 1.79. The highest BCUT2D eigenvalue weighted by atomic mass is 79.9. The average Bonchev–Trinajstić information content (AvgIpc) is 2.84. The molecule has 0 aliphatic heterocycles. The van der Waals surface area contributed by atoms with Crippen LogP contribution in [0.1, 0.15) is 30.1 Å². The number of carbonyl (C=O) groups is 1. The molecule has 1 aromatic heterocycles. The molecular formula is C14H17BrN4O. The van der Waals surface area contributed by atoms with E-state index in [1.165, 1.54) is 0 Å². The van der Waals surface area contributed by atoms with Crippen LogP contribution in [0.5, 0.6) is 0 Å². The number of carbonyl (C=O) groups excluding carboxylic acids is 1. The third kappa shape index (κ3) is 3.46. The van der Waals surface area contributed by atoms with Crippen molar-refractivity contribution in [2.24, 2.45) is 12.8 Å². The molecule has 1 heterocycles. The lowest BCUT2D eigenvalue weighted by Gasteiger charge is -2.17. The van der Waals surface area contributed by atoms with Crippen molar-refractivity contribution in [2.75, 3.05) is 0 Å². The van der Waals surface area contributed by atoms with Gasteiger partial charge in [0.1, 0.15) is 6.04 Å². The summed E-state index contributed by atoms with van der Waals surface area (Å²) in [5, 5.41) is 6.93. The van der Waals surface area contributed by atoms with Crippen molar-refractivity contribution in [3.8, 4) is 0 Å². The predicted octanol–water partition coefficient (Wildman–Crippen LogP) is 2.06. The Labute approximate surface area is 126 Å². The zero-order chi connectivity index (χ0) is 14.7. The maximum absolute atomic E-state index is 12.1. The number of nitrogens with one attached hydrogen (secondary N) is 1. The average molecular weight is 337 g/mol. The van der Waals surface area contributed by atoms with Crippen molar-refractivity contribution in [3.63, 3.8) is 0 Å². The molecule has 1 amide bonds. The Balaban J connectivity index is 2.04. The van der Waals surface area contributed by atoms with Gasteiger partial charge in [-0.2, -0.15) is 5.10 Å². The molecule has 3 N–H and O–H groups in total. The highest BCUT2D eigenvalue weighted by molar-refractivity contribution is 9.10. The van der Waals surface area contributed by atoms with Gasteiger partial charge in [0.25, 0.3) is 0 Å². The second-order valence-corrected chi connectivity index (χ2v) is 5.63. The van der Waals surface area contributed by atoms with E-state index in [0.717, 1.165) is 10.0 Å². The number of aromatic nitrogens is 2. The fourth-order valence-corrected chi connectivity index (χ4v) is 2.33. The van der Waals surface area contributed by atoms with Gasteiger partial charge in [-0.25, -0.2) is 0 Å². The molecular weight excluding hydrogens is 320 g/mol. The van der Waals surface area contributed by atoms with E-state index in [2.05, 4.69) is 26.3 Å². The molecule has 2 rings (SSSR count). The molecule has 6 heteroatoms. The quantitative estimate of drug-likeness (QED) is 0.897. The van der Waals surface area contributed by atoms with Crippen LogP contribution in [0.25, 0.3) is 0 Å². The summed E-state index contributed by atoms with van der Waals surface area (Å²) in [5.74, 6) is -0.217. The first-order valence-electron chi connectivity index (χ1n) is 6.27. The van der Waals surface area contributed by atoms with E-state index in [4.69, 9.17) is 5.73 Å². The molecule has 106 valence electrons. The Kier molecular flexibility index (Phi) is 4.57. The van der Waals surface area contributed by atoms with Crippen LogP contribution in [-0.2, 0) is 11.8 Å². The third-order valence-electron chi connectivity index (χ3n) is 3.07. The van der Waals surface area contributed by atoms with E-state index in [-0.39, 0.29) is 11.9 Å². The van der Waals surface area contributed by atoms with Crippen LogP contribution in [-0.4, -0.2) is 15.7 Å². The minimum absolute atomic E-state index is 0.109. The molecule has 20 heavy (non-hydrogen) atoms. The van der Waals surface area contributed by atoms with Gasteiger partial charge in [0, 0.05) is 23.3 Å². The van der Waals surface area contributed by atoms with Crippen LogP contribution in [0, 0.1) is 0 Å². The molecule has 0 saturated carbocycles. The normalized spacial score (nSPS) is 13.8. The molecule has 1 unspecified atom stereocenters. The summed E-state index contributed by atoms with van der Waals surface area (Å²) in [6, 6.07) is 7.00. The van der Waals surface area contributed by atoms with Gasteiger partial charge in [0.05, 0.1) is 12.2 Å². The zero-order valence-corrected chi connectivity index (χ0v) is 13.0. The largest absolute Gasteiger partial charge is 0.348 e. The molecule has 2 aromatic rings. The Morgan fingerprint density at radius 3 is 2.80 bits per heavy atom. The number of hydrogen-bond donors (Lipinski definition) is 2. The van der Waals surface area contributed by atoms with E-state index in [0.29, 0.717) is 5.56 Å². The van der Waals surface area contributed by atoms with Gasteiger partial charge in [-0.1, -0.05) is 28.1 Å². The topological polar surface area (TPSA) is 72.9 Å². The smallest absolute Gasteiger partial charge is 0.242 e. The number of hydrogen-bond acceptors (Lipinski definition) is 3. The summed E-state index contributed by atoms with van der Waals surface area (Å²) in [6.07, 6.45) is 3.35. The first kappa shape index (κ1) is 14.7. The van der Waals surface area contributed by atoms with Gasteiger partial charge in [0.15, 0.2) is 0 Å². The number of rotatable bonds is 4. The molecule has 2 atom stereocenters. The minimum Gasteiger partial charge on any atom is -0.348 e. The predicted molar refractivity (Wildman–Crippen MR) is 80.8 cm³/mol. The van der Waals surface area contributed by atoms with E-state index in [1.54, 1.807) is 24.1 Å². The van der Waals surface area contributed by atoms with Crippen molar-refractivity contribution in [1.82, 2.24) is 15.1 Å². The lowest BCUT2D eigenvalue weighted by molar-refractivity contribution is -0.123. The molecule has 0 aliphatic rings. The number of halogens is 1. The van der Waals surface area contributed by atoms with Crippen molar-refractivity contribution >= 4 is 21.8 Å². The van der Waals surface area contributed by atoms with Crippen LogP contribution in [0.3, 0.4) is 0 Å². The number of benzene rings is 1. The van der Waals surface area contributed by atoms with Gasteiger partial charge in [-0.05, 0) is 24.6 Å². The molecule has 0 bridgehead atoms. The first-order chi connectivity index (χ1) is 9.47. The lowest BCUT2D eigenvalue weighted by atomic mass is 10.1. The van der Waals surface area contributed by atoms with Crippen LogP contribution >= 0.6 is 15.9 Å². The minimum atomic E-state index is -0.710. The fraction of sp³-hybridized carbons (Fsp3) is 0.286. The summed E-state index contributed by atoms with van der Waals surface area (Å²) >= 11 is 3.42. The van der Waals surface area contributed by atoms with E-state index in [9.17, 15) is 4.79 Å². The summed E-state index contributed by atoms with van der Waals surface area (Å²) in [5.41, 5.74) is 7.65. The van der Waals surface area contributed by atoms with Crippen molar-refractivity contribution in [2.45, 2.75) is 19.0 Å². The Morgan fingerprint density at radius 2 is 2.20 bits per heavy atom. The summed E-state index contributed by atoms with van der Waals surface area (Å²) in [4.78, 5) is 12.1. The van der Waals surface area contributed by atoms with Crippen LogP contribution in [0.15, 0.2) is 41.1 Å². The van der Waals surface area contributed by atoms with Crippen LogP contribution < -0.4 is 11.1 Å². The van der Waals surface area contributed by atoms with Crippen LogP contribution in [0.4, 0.5) is 0 Å². The number of amides is 1. The standard InChI is InChI=1S/C14H17BrN4O/c1-9(10-4-3-5-12(15)6-10)18-14(20)13(16)11-7-17-19(2)8-11/h3-9,13H,16H2,1-2H3,(H,18,20)/t9-,13?/m0/s1. The highest BCUT2D eigenvalue weighted by Gasteiger charge is 2.19. The number of aryl methyl sites for hydroxylation is 1. The van der Waals surface area contributed by atoms with E-state index < -0.39 is 6.04 Å². The molecule has 0 saturated heterocycles. The van der Waals surface area contributed by atoms with Crippen LogP contribution in [0.2, 0.25) is 0 Å². The van der Waals surface area contributed by atoms with Gasteiger partial charge >= 0.3 is 0 Å². The van der Waals surface area contributed by atoms with Crippen molar-refractivity contribution in [3.05, 3.63) is 52.3 Å². The monoisotopic (exact) mass is 336 g/mol. The summed E-state index contributed by atoms with van der Waals surface area (Å²) in [6.45, 7) is 1.93. The molecule has 0 spiro atoms. The van der Waals surface area contributed by atoms with E-state index >= 15 is 0 Å². The second-order valence-electron chi connectivity index (χ2n) is 4.71. The lowest BCUT2D eigenvalue weighted by Crippen LogP contribution is -2.35. The number of nitrogens with zero attached hydrogens (tertiary/aromatic N) is 2. The number of nitrogens with two attached hydrogens (primary N) is 1. The Hall–Kier alpha value is -1.66. The molecule has 5 nitrogen and oxygen atoms in total. The molecule has 1 aromatic carbocycles. The third-order valence-corrected chi connectivity index (χ3v) is 3.57. The second kappa shape index (κ2) is 6.19. The maximum Gasteiger partial charge on any atom is 0.242 e. The van der Waals surface area contributed by atoms with Crippen molar-refractivity contribution < 1.29 is 4.79 Å². The SMILES string of the molecule is C[C@H](NC(=O)C(N)c1cnn(C)c1)c1cccc(Br)c1. The Bertz CT molecular complexity index is 611. The van der Waals surface area contributed by atoms with Gasteiger partial charge < -0.3 is 11.1 Å². The Morgan fingerprint density at radius 1 is 1.45 bits per heavy atom. The van der Waals surface area contributed by atoms with Gasteiger partial charge in [0.2, 0.25) is 5.91 Å². The first-order valence-corrected chi connectivity index (χ1v) is 7.06. The van der Waals surface area contributed by atoms with Crippen molar-refractivity contribution in [1.29, 1.82) is 0 Å². The molecule has 0 aliphatic carbocycles. The fourth-order valence-electron chi connectivity index (χ4n) is 1.91. The van der Waals surface area contributed by atoms with Gasteiger partial charge in [-0.3, -0.25) is 9.48 Å².